The van der Waals surface area contributed by atoms with Crippen molar-refractivity contribution in [2.45, 2.75) is 13.3 Å². The van der Waals surface area contributed by atoms with Gasteiger partial charge < -0.3 is 9.84 Å². The standard InChI is InChI=1S/C14H12FNO5S/c1-2-5-21-11-4-3-8(6-10(11)16(19)20)12-7-9(15)13(22-12)14(17)18/h3-4,6-7H,2,5H2,1H3,(H,17,18). The minimum Gasteiger partial charge on any atom is -0.487 e. The fraction of sp³-hybridized carbons (Fsp3) is 0.214. The number of nitro benzene ring substituents is 1. The van der Waals surface area contributed by atoms with Crippen LogP contribution in [0.15, 0.2) is 24.3 Å². The van der Waals surface area contributed by atoms with Gasteiger partial charge in [0.05, 0.1) is 11.5 Å². The molecule has 0 atom stereocenters. The zero-order valence-electron chi connectivity index (χ0n) is 11.5. The first kappa shape index (κ1) is 15.9. The Morgan fingerprint density at radius 2 is 2.18 bits per heavy atom. The number of thiophene rings is 1. The normalized spacial score (nSPS) is 10.5. The Hall–Kier alpha value is -2.48. The van der Waals surface area contributed by atoms with E-state index in [0.29, 0.717) is 23.5 Å². The first-order valence-corrected chi connectivity index (χ1v) is 7.20. The third-order valence-corrected chi connectivity index (χ3v) is 3.93. The minimum atomic E-state index is -1.37. The molecule has 8 heteroatoms. The van der Waals surface area contributed by atoms with Crippen LogP contribution >= 0.6 is 11.3 Å². The molecule has 0 aliphatic heterocycles. The van der Waals surface area contributed by atoms with Crippen molar-refractivity contribution in [2.24, 2.45) is 0 Å². The number of nitro groups is 1. The molecule has 2 aromatic rings. The van der Waals surface area contributed by atoms with E-state index in [1.807, 2.05) is 6.92 Å². The first-order chi connectivity index (χ1) is 10.4. The number of hydrogen-bond acceptors (Lipinski definition) is 5. The maximum atomic E-state index is 13.5. The Bertz CT molecular complexity index is 728. The number of halogens is 1. The lowest BCUT2D eigenvalue weighted by molar-refractivity contribution is -0.385. The lowest BCUT2D eigenvalue weighted by atomic mass is 10.1. The summed E-state index contributed by atoms with van der Waals surface area (Å²) in [5.41, 5.74) is 0.128. The van der Waals surface area contributed by atoms with E-state index in [1.54, 1.807) is 0 Å². The molecule has 0 aliphatic rings. The quantitative estimate of drug-likeness (QED) is 0.641. The molecule has 0 unspecified atom stereocenters. The molecule has 1 heterocycles. The van der Waals surface area contributed by atoms with Gasteiger partial charge in [0.2, 0.25) is 0 Å². The first-order valence-electron chi connectivity index (χ1n) is 6.38. The molecular weight excluding hydrogens is 313 g/mol. The summed E-state index contributed by atoms with van der Waals surface area (Å²) in [6, 6.07) is 5.28. The van der Waals surface area contributed by atoms with Crippen LogP contribution in [0.5, 0.6) is 5.75 Å². The molecule has 116 valence electrons. The topological polar surface area (TPSA) is 89.7 Å². The van der Waals surface area contributed by atoms with Gasteiger partial charge >= 0.3 is 11.7 Å². The van der Waals surface area contributed by atoms with Gasteiger partial charge in [-0.25, -0.2) is 9.18 Å². The lowest BCUT2D eigenvalue weighted by Gasteiger charge is -2.06. The number of carboxylic acid groups (broad SMARTS) is 1. The second-order valence-electron chi connectivity index (χ2n) is 4.38. The number of carboxylic acids is 1. The van der Waals surface area contributed by atoms with Crippen LogP contribution in [0.4, 0.5) is 10.1 Å². The number of benzene rings is 1. The zero-order valence-corrected chi connectivity index (χ0v) is 12.4. The fourth-order valence-electron chi connectivity index (χ4n) is 1.80. The van der Waals surface area contributed by atoms with Crippen molar-refractivity contribution in [2.75, 3.05) is 6.61 Å². The van der Waals surface area contributed by atoms with E-state index >= 15 is 0 Å². The second-order valence-corrected chi connectivity index (χ2v) is 5.43. The Balaban J connectivity index is 2.44. The largest absolute Gasteiger partial charge is 0.487 e. The van der Waals surface area contributed by atoms with Crippen LogP contribution in [0.25, 0.3) is 10.4 Å². The van der Waals surface area contributed by atoms with E-state index in [9.17, 15) is 19.3 Å². The van der Waals surface area contributed by atoms with Crippen LogP contribution in [-0.2, 0) is 0 Å². The summed E-state index contributed by atoms with van der Waals surface area (Å²) < 4.78 is 18.8. The summed E-state index contributed by atoms with van der Waals surface area (Å²) in [7, 11) is 0. The van der Waals surface area contributed by atoms with Crippen LogP contribution in [0, 0.1) is 15.9 Å². The molecule has 1 N–H and O–H groups in total. The molecular formula is C14H12FNO5S. The molecule has 0 radical (unpaired) electrons. The smallest absolute Gasteiger partial charge is 0.348 e. The monoisotopic (exact) mass is 325 g/mol. The zero-order chi connectivity index (χ0) is 16.3. The van der Waals surface area contributed by atoms with Crippen molar-refractivity contribution in [1.82, 2.24) is 0 Å². The van der Waals surface area contributed by atoms with Crippen molar-refractivity contribution >= 4 is 23.0 Å². The van der Waals surface area contributed by atoms with Crippen molar-refractivity contribution in [3.05, 3.63) is 45.1 Å². The van der Waals surface area contributed by atoms with Crippen LogP contribution in [-0.4, -0.2) is 22.6 Å². The Labute approximate surface area is 128 Å². The van der Waals surface area contributed by atoms with Gasteiger partial charge in [-0.15, -0.1) is 11.3 Å². The van der Waals surface area contributed by atoms with Crippen LogP contribution in [0.2, 0.25) is 0 Å². The van der Waals surface area contributed by atoms with Gasteiger partial charge in [-0.1, -0.05) is 6.92 Å². The summed E-state index contributed by atoms with van der Waals surface area (Å²) in [6.07, 6.45) is 0.705. The Morgan fingerprint density at radius 3 is 2.73 bits per heavy atom. The Morgan fingerprint density at radius 1 is 1.45 bits per heavy atom. The number of hydrogen-bond donors (Lipinski definition) is 1. The molecule has 22 heavy (non-hydrogen) atoms. The molecule has 0 saturated carbocycles. The van der Waals surface area contributed by atoms with E-state index in [1.165, 1.54) is 18.2 Å². The van der Waals surface area contributed by atoms with Gasteiger partial charge in [0.1, 0.15) is 10.7 Å². The van der Waals surface area contributed by atoms with Crippen molar-refractivity contribution in [3.8, 4) is 16.2 Å². The molecule has 0 spiro atoms. The van der Waals surface area contributed by atoms with Crippen LogP contribution < -0.4 is 4.74 Å². The average Bonchev–Trinajstić information content (AvgIpc) is 2.87. The minimum absolute atomic E-state index is 0.131. The molecule has 0 fully saturated rings. The molecule has 0 aliphatic carbocycles. The van der Waals surface area contributed by atoms with E-state index in [2.05, 4.69) is 0 Å². The van der Waals surface area contributed by atoms with Crippen molar-refractivity contribution < 1.29 is 24.0 Å². The van der Waals surface area contributed by atoms with E-state index in [4.69, 9.17) is 9.84 Å². The SMILES string of the molecule is CCCOc1ccc(-c2cc(F)c(C(=O)O)s2)cc1[N+](=O)[O-]. The Kier molecular flexibility index (Phi) is 4.71. The van der Waals surface area contributed by atoms with Gasteiger partial charge in [-0.05, 0) is 30.2 Å². The highest BCUT2D eigenvalue weighted by Crippen LogP contribution is 2.36. The maximum Gasteiger partial charge on any atom is 0.348 e. The summed E-state index contributed by atoms with van der Waals surface area (Å²) in [4.78, 5) is 21.3. The van der Waals surface area contributed by atoms with Crippen LogP contribution in [0.3, 0.4) is 0 Å². The highest BCUT2D eigenvalue weighted by atomic mass is 32.1. The van der Waals surface area contributed by atoms with Gasteiger partial charge in [-0.3, -0.25) is 10.1 Å². The highest BCUT2D eigenvalue weighted by molar-refractivity contribution is 7.17. The lowest BCUT2D eigenvalue weighted by Crippen LogP contribution is -1.99. The van der Waals surface area contributed by atoms with Gasteiger partial charge in [0.25, 0.3) is 0 Å². The molecule has 1 aromatic heterocycles. The summed E-state index contributed by atoms with van der Waals surface area (Å²) in [5, 5.41) is 20.0. The second kappa shape index (κ2) is 6.52. The van der Waals surface area contributed by atoms with Gasteiger partial charge in [0, 0.05) is 10.9 Å². The predicted molar refractivity (Wildman–Crippen MR) is 79.1 cm³/mol. The van der Waals surface area contributed by atoms with Crippen LogP contribution in [0.1, 0.15) is 23.0 Å². The third kappa shape index (κ3) is 3.22. The number of ether oxygens (including phenoxy) is 1. The van der Waals surface area contributed by atoms with Gasteiger partial charge in [-0.2, -0.15) is 0 Å². The molecule has 0 saturated heterocycles. The summed E-state index contributed by atoms with van der Waals surface area (Å²) in [6.45, 7) is 2.22. The summed E-state index contributed by atoms with van der Waals surface area (Å²) >= 11 is 0.727. The molecule has 1 aromatic carbocycles. The third-order valence-electron chi connectivity index (χ3n) is 2.78. The number of aromatic carboxylic acids is 1. The van der Waals surface area contributed by atoms with Crippen molar-refractivity contribution in [3.63, 3.8) is 0 Å². The fourth-order valence-corrected chi connectivity index (χ4v) is 2.68. The summed E-state index contributed by atoms with van der Waals surface area (Å²) in [5.74, 6) is -2.10. The number of nitrogens with zero attached hydrogens (tertiary/aromatic N) is 1. The van der Waals surface area contributed by atoms with E-state index in [-0.39, 0.29) is 11.4 Å². The van der Waals surface area contributed by atoms with Crippen molar-refractivity contribution in [1.29, 1.82) is 0 Å². The number of rotatable bonds is 6. The predicted octanol–water partition coefficient (Wildman–Crippen LogP) is 3.95. The van der Waals surface area contributed by atoms with E-state index in [0.717, 1.165) is 17.4 Å². The maximum absolute atomic E-state index is 13.5. The highest BCUT2D eigenvalue weighted by Gasteiger charge is 2.20. The van der Waals surface area contributed by atoms with Gasteiger partial charge in [0.15, 0.2) is 5.75 Å². The van der Waals surface area contributed by atoms with E-state index < -0.39 is 21.6 Å². The number of carbonyl (C=O) groups is 1. The molecule has 6 nitrogen and oxygen atoms in total. The average molecular weight is 325 g/mol. The molecule has 2 rings (SSSR count). The molecule has 0 bridgehead atoms. The molecule has 0 amide bonds.